The van der Waals surface area contributed by atoms with Crippen molar-refractivity contribution in [2.24, 2.45) is 11.1 Å². The minimum atomic E-state index is -4.16. The van der Waals surface area contributed by atoms with Gasteiger partial charge >= 0.3 is 6.18 Å². The van der Waals surface area contributed by atoms with E-state index in [1.54, 1.807) is 0 Å². The number of alkyl halides is 3. The first-order valence-electron chi connectivity index (χ1n) is 6.65. The molecule has 22 heavy (non-hydrogen) atoms. The van der Waals surface area contributed by atoms with Crippen molar-refractivity contribution in [3.63, 3.8) is 0 Å². The van der Waals surface area contributed by atoms with Crippen molar-refractivity contribution in [1.82, 2.24) is 9.88 Å². The van der Waals surface area contributed by atoms with Crippen molar-refractivity contribution in [2.45, 2.75) is 23.2 Å². The molecule has 2 heterocycles. The van der Waals surface area contributed by atoms with Crippen LogP contribution in [-0.4, -0.2) is 50.7 Å². The molecular formula is C11H17F3N4O2S2. The highest BCUT2D eigenvalue weighted by Crippen LogP contribution is 2.25. The van der Waals surface area contributed by atoms with Crippen LogP contribution in [0.5, 0.6) is 0 Å². The Morgan fingerprint density at radius 1 is 1.41 bits per heavy atom. The summed E-state index contributed by atoms with van der Waals surface area (Å²) < 4.78 is 59.1. The second-order valence-electron chi connectivity index (χ2n) is 5.25. The maximum Gasteiger partial charge on any atom is 0.401 e. The van der Waals surface area contributed by atoms with Gasteiger partial charge < -0.3 is 5.32 Å². The zero-order valence-electron chi connectivity index (χ0n) is 11.6. The molecule has 3 N–H and O–H groups in total. The van der Waals surface area contributed by atoms with Gasteiger partial charge in [0.2, 0.25) is 10.0 Å². The summed E-state index contributed by atoms with van der Waals surface area (Å²) in [5.74, 6) is 0.242. The van der Waals surface area contributed by atoms with Gasteiger partial charge in [0.15, 0.2) is 9.34 Å². The van der Waals surface area contributed by atoms with Crippen LogP contribution in [0.4, 0.5) is 18.3 Å². The van der Waals surface area contributed by atoms with Gasteiger partial charge in [0.1, 0.15) is 0 Å². The number of nitrogens with one attached hydrogen (secondary N) is 1. The summed E-state index contributed by atoms with van der Waals surface area (Å²) >= 11 is 0.942. The average Bonchev–Trinajstić information content (AvgIpc) is 2.85. The Kier molecular flexibility index (Phi) is 5.30. The van der Waals surface area contributed by atoms with E-state index < -0.39 is 22.7 Å². The number of hydrogen-bond acceptors (Lipinski definition) is 6. The Morgan fingerprint density at radius 2 is 2.05 bits per heavy atom. The number of aromatic nitrogens is 1. The summed E-state index contributed by atoms with van der Waals surface area (Å²) in [4.78, 5) is 5.32. The first-order chi connectivity index (χ1) is 10.1. The number of thiazole rings is 1. The molecule has 11 heteroatoms. The molecule has 1 aromatic heterocycles. The summed E-state index contributed by atoms with van der Waals surface area (Å²) in [5, 5.41) is 8.45. The maximum absolute atomic E-state index is 12.3. The predicted octanol–water partition coefficient (Wildman–Crippen LogP) is 1.48. The van der Waals surface area contributed by atoms with Crippen LogP contribution in [0.1, 0.15) is 12.8 Å². The molecule has 1 fully saturated rings. The number of anilines is 1. The molecule has 1 aliphatic rings. The molecule has 2 rings (SSSR count). The van der Waals surface area contributed by atoms with Crippen molar-refractivity contribution in [3.05, 3.63) is 6.20 Å². The normalized spacial score (nSPS) is 18.5. The van der Waals surface area contributed by atoms with E-state index in [-0.39, 0.29) is 10.1 Å². The lowest BCUT2D eigenvalue weighted by atomic mass is 9.97. The van der Waals surface area contributed by atoms with Crippen LogP contribution in [0.2, 0.25) is 0 Å². The van der Waals surface area contributed by atoms with E-state index in [0.29, 0.717) is 37.6 Å². The highest BCUT2D eigenvalue weighted by atomic mass is 32.2. The van der Waals surface area contributed by atoms with Gasteiger partial charge in [-0.25, -0.2) is 18.5 Å². The third-order valence-corrected chi connectivity index (χ3v) is 5.78. The quantitative estimate of drug-likeness (QED) is 0.832. The standard InChI is InChI=1S/C11H17F3N4O2S2/c12-11(13,14)7-18-3-1-8(2-4-18)5-16-10-17-6-9(21-10)22(15,19)20/h6,8H,1-5,7H2,(H,16,17)(H2,15,19,20). The molecule has 1 aliphatic heterocycles. The number of rotatable bonds is 5. The maximum atomic E-state index is 12.3. The monoisotopic (exact) mass is 358 g/mol. The largest absolute Gasteiger partial charge is 0.401 e. The Hall–Kier alpha value is -0.910. The van der Waals surface area contributed by atoms with Gasteiger partial charge in [-0.1, -0.05) is 11.3 Å². The Balaban J connectivity index is 1.76. The number of likely N-dealkylation sites (tertiary alicyclic amines) is 1. The molecule has 0 spiro atoms. The number of piperidine rings is 1. The highest BCUT2D eigenvalue weighted by molar-refractivity contribution is 7.91. The molecule has 0 aliphatic carbocycles. The zero-order chi connectivity index (χ0) is 16.4. The summed E-state index contributed by atoms with van der Waals surface area (Å²) in [5.41, 5.74) is 0. The second-order valence-corrected chi connectivity index (χ2v) is 8.06. The number of primary sulfonamides is 1. The number of sulfonamides is 1. The first kappa shape index (κ1) is 17.4. The second kappa shape index (κ2) is 6.69. The van der Waals surface area contributed by atoms with Crippen LogP contribution in [0, 0.1) is 5.92 Å². The minimum absolute atomic E-state index is 0.0185. The van der Waals surface area contributed by atoms with E-state index >= 15 is 0 Å². The summed E-state index contributed by atoms with van der Waals surface area (Å²) in [6.45, 7) is 0.507. The minimum Gasteiger partial charge on any atom is -0.361 e. The van der Waals surface area contributed by atoms with E-state index in [4.69, 9.17) is 5.14 Å². The topological polar surface area (TPSA) is 88.3 Å². The van der Waals surface area contributed by atoms with Gasteiger partial charge in [-0.3, -0.25) is 4.90 Å². The number of nitrogens with zero attached hydrogens (tertiary/aromatic N) is 2. The van der Waals surface area contributed by atoms with Gasteiger partial charge in [-0.2, -0.15) is 13.2 Å². The molecule has 0 amide bonds. The molecule has 0 unspecified atom stereocenters. The van der Waals surface area contributed by atoms with Crippen LogP contribution in [0.25, 0.3) is 0 Å². The van der Waals surface area contributed by atoms with Gasteiger partial charge in [0.25, 0.3) is 0 Å². The third-order valence-electron chi connectivity index (χ3n) is 3.42. The number of nitrogens with two attached hydrogens (primary N) is 1. The molecule has 1 aromatic rings. The molecule has 6 nitrogen and oxygen atoms in total. The van der Waals surface area contributed by atoms with E-state index in [2.05, 4.69) is 10.3 Å². The zero-order valence-corrected chi connectivity index (χ0v) is 13.3. The molecule has 126 valence electrons. The van der Waals surface area contributed by atoms with Crippen molar-refractivity contribution >= 4 is 26.5 Å². The average molecular weight is 358 g/mol. The fourth-order valence-corrected chi connectivity index (χ4v) is 3.76. The molecule has 0 bridgehead atoms. The molecule has 0 saturated carbocycles. The van der Waals surface area contributed by atoms with Crippen LogP contribution in [0.3, 0.4) is 0 Å². The van der Waals surface area contributed by atoms with Crippen molar-refractivity contribution < 1.29 is 21.6 Å². The Bertz CT molecular complexity index is 595. The lowest BCUT2D eigenvalue weighted by Crippen LogP contribution is -2.41. The van der Waals surface area contributed by atoms with Crippen LogP contribution in [0.15, 0.2) is 10.4 Å². The molecule has 1 saturated heterocycles. The Labute approximate surface area is 130 Å². The van der Waals surface area contributed by atoms with Crippen molar-refractivity contribution in [3.8, 4) is 0 Å². The van der Waals surface area contributed by atoms with Crippen molar-refractivity contribution in [2.75, 3.05) is 31.5 Å². The van der Waals surface area contributed by atoms with E-state index in [1.165, 1.54) is 11.1 Å². The van der Waals surface area contributed by atoms with E-state index in [0.717, 1.165) is 11.3 Å². The lowest BCUT2D eigenvalue weighted by molar-refractivity contribution is -0.148. The smallest absolute Gasteiger partial charge is 0.361 e. The lowest BCUT2D eigenvalue weighted by Gasteiger charge is -2.32. The third kappa shape index (κ3) is 5.38. The molecule has 0 radical (unpaired) electrons. The number of halogens is 3. The van der Waals surface area contributed by atoms with Gasteiger partial charge in [0.05, 0.1) is 12.7 Å². The molecule has 0 atom stereocenters. The molecular weight excluding hydrogens is 341 g/mol. The first-order valence-corrected chi connectivity index (χ1v) is 9.01. The van der Waals surface area contributed by atoms with E-state index in [9.17, 15) is 21.6 Å². The SMILES string of the molecule is NS(=O)(=O)c1cnc(NCC2CCN(CC(F)(F)F)CC2)s1. The predicted molar refractivity (Wildman–Crippen MR) is 77.2 cm³/mol. The highest BCUT2D eigenvalue weighted by Gasteiger charge is 2.32. The van der Waals surface area contributed by atoms with Gasteiger partial charge in [-0.15, -0.1) is 0 Å². The van der Waals surface area contributed by atoms with Crippen LogP contribution >= 0.6 is 11.3 Å². The fourth-order valence-electron chi connectivity index (χ4n) is 2.31. The summed E-state index contributed by atoms with van der Waals surface area (Å²) in [6, 6.07) is 0. The summed E-state index contributed by atoms with van der Waals surface area (Å²) in [7, 11) is -3.75. The molecule has 0 aromatic carbocycles. The van der Waals surface area contributed by atoms with Crippen molar-refractivity contribution in [1.29, 1.82) is 0 Å². The fraction of sp³-hybridized carbons (Fsp3) is 0.727. The van der Waals surface area contributed by atoms with Gasteiger partial charge in [0, 0.05) is 6.54 Å². The van der Waals surface area contributed by atoms with Gasteiger partial charge in [-0.05, 0) is 31.8 Å². The Morgan fingerprint density at radius 3 is 2.55 bits per heavy atom. The number of hydrogen-bond donors (Lipinski definition) is 2. The van der Waals surface area contributed by atoms with E-state index in [1.807, 2.05) is 0 Å². The van der Waals surface area contributed by atoms with Crippen LogP contribution in [-0.2, 0) is 10.0 Å². The van der Waals surface area contributed by atoms with Crippen LogP contribution < -0.4 is 10.5 Å². The summed E-state index contributed by atoms with van der Waals surface area (Å²) in [6.07, 6.45) is -1.64.